The summed E-state index contributed by atoms with van der Waals surface area (Å²) in [5, 5.41) is 0. The Morgan fingerprint density at radius 1 is 1.29 bits per heavy atom. The van der Waals surface area contributed by atoms with Crippen LogP contribution in [0.25, 0.3) is 0 Å². The maximum absolute atomic E-state index is 12.3. The summed E-state index contributed by atoms with van der Waals surface area (Å²) in [4.78, 5) is -0.0585. The van der Waals surface area contributed by atoms with Gasteiger partial charge >= 0.3 is 6.18 Å². The van der Waals surface area contributed by atoms with Crippen molar-refractivity contribution in [3.63, 3.8) is 0 Å². The second-order valence-electron chi connectivity index (χ2n) is 2.59. The Balaban J connectivity index is 3.28. The Labute approximate surface area is 92.2 Å². The number of hydrogen-bond donors (Lipinski definition) is 1. The largest absolute Gasteiger partial charge is 0.416 e. The first-order valence-electron chi connectivity index (χ1n) is 3.48. The third kappa shape index (κ3) is 2.68. The minimum atomic E-state index is -4.39. The highest BCUT2D eigenvalue weighted by Crippen LogP contribution is 2.31. The van der Waals surface area contributed by atoms with Crippen LogP contribution in [-0.4, -0.2) is 4.99 Å². The van der Waals surface area contributed by atoms with E-state index in [-0.39, 0.29) is 10.6 Å². The maximum Gasteiger partial charge on any atom is 0.416 e. The first-order chi connectivity index (χ1) is 6.30. The monoisotopic (exact) mass is 283 g/mol. The van der Waals surface area contributed by atoms with Crippen LogP contribution in [0.3, 0.4) is 0 Å². The molecule has 0 radical (unpaired) electrons. The summed E-state index contributed by atoms with van der Waals surface area (Å²) in [6.07, 6.45) is -4.39. The van der Waals surface area contributed by atoms with Crippen LogP contribution in [0.2, 0.25) is 0 Å². The van der Waals surface area contributed by atoms with Crippen molar-refractivity contribution in [2.45, 2.75) is 6.18 Å². The number of alkyl halides is 3. The van der Waals surface area contributed by atoms with E-state index in [0.29, 0.717) is 4.47 Å². The molecule has 2 N–H and O–H groups in total. The molecule has 0 spiro atoms. The van der Waals surface area contributed by atoms with Crippen molar-refractivity contribution in [3.8, 4) is 0 Å². The molecule has 0 unspecified atom stereocenters. The lowest BCUT2D eigenvalue weighted by Gasteiger charge is -2.08. The number of nitrogens with two attached hydrogens (primary N) is 1. The van der Waals surface area contributed by atoms with E-state index >= 15 is 0 Å². The van der Waals surface area contributed by atoms with Crippen molar-refractivity contribution in [1.29, 1.82) is 0 Å². The fourth-order valence-electron chi connectivity index (χ4n) is 0.896. The molecule has 1 aromatic carbocycles. The van der Waals surface area contributed by atoms with Gasteiger partial charge < -0.3 is 5.73 Å². The van der Waals surface area contributed by atoms with E-state index in [9.17, 15) is 13.2 Å². The molecule has 1 aromatic rings. The SMILES string of the molecule is NC(=S)c1cc(Br)cc(C(F)(F)F)c1. The molecule has 0 saturated heterocycles. The molecule has 0 aromatic heterocycles. The Kier molecular flexibility index (Phi) is 3.16. The molecule has 0 aliphatic carbocycles. The molecule has 0 aliphatic rings. The van der Waals surface area contributed by atoms with Crippen LogP contribution in [0.1, 0.15) is 11.1 Å². The van der Waals surface area contributed by atoms with Crippen molar-refractivity contribution in [3.05, 3.63) is 33.8 Å². The van der Waals surface area contributed by atoms with Gasteiger partial charge in [0, 0.05) is 10.0 Å². The molecule has 76 valence electrons. The number of halogens is 4. The van der Waals surface area contributed by atoms with Crippen molar-refractivity contribution < 1.29 is 13.2 Å². The molecular formula is C8H5BrF3NS. The zero-order chi connectivity index (χ0) is 10.9. The molecule has 0 amide bonds. The van der Waals surface area contributed by atoms with Crippen molar-refractivity contribution in [1.82, 2.24) is 0 Å². The molecule has 0 saturated carbocycles. The van der Waals surface area contributed by atoms with Crippen LogP contribution < -0.4 is 5.73 Å². The lowest BCUT2D eigenvalue weighted by Crippen LogP contribution is -2.12. The van der Waals surface area contributed by atoms with Crippen molar-refractivity contribution in [2.24, 2.45) is 5.73 Å². The summed E-state index contributed by atoms with van der Waals surface area (Å²) < 4.78 is 37.2. The minimum absolute atomic E-state index is 0.0585. The minimum Gasteiger partial charge on any atom is -0.389 e. The van der Waals surface area contributed by atoms with E-state index < -0.39 is 11.7 Å². The maximum atomic E-state index is 12.3. The average molecular weight is 284 g/mol. The normalized spacial score (nSPS) is 11.4. The molecule has 0 bridgehead atoms. The predicted molar refractivity (Wildman–Crippen MR) is 55.0 cm³/mol. The zero-order valence-electron chi connectivity index (χ0n) is 6.73. The van der Waals surface area contributed by atoms with E-state index in [1.54, 1.807) is 0 Å². The smallest absolute Gasteiger partial charge is 0.389 e. The Morgan fingerprint density at radius 2 is 1.86 bits per heavy atom. The second kappa shape index (κ2) is 3.86. The van der Waals surface area contributed by atoms with Gasteiger partial charge in [-0.05, 0) is 18.2 Å². The van der Waals surface area contributed by atoms with Gasteiger partial charge in [0.1, 0.15) is 4.99 Å². The standard InChI is InChI=1S/C8H5BrF3NS/c9-6-2-4(7(13)14)1-5(3-6)8(10,11)12/h1-3H,(H2,13,14). The van der Waals surface area contributed by atoms with Gasteiger partial charge in [-0.1, -0.05) is 28.1 Å². The molecule has 0 aliphatic heterocycles. The summed E-state index contributed by atoms with van der Waals surface area (Å²) in [7, 11) is 0. The van der Waals surface area contributed by atoms with E-state index in [1.165, 1.54) is 6.07 Å². The summed E-state index contributed by atoms with van der Waals surface area (Å²) in [5.74, 6) is 0. The highest BCUT2D eigenvalue weighted by atomic mass is 79.9. The molecule has 0 atom stereocenters. The molecule has 6 heteroatoms. The van der Waals surface area contributed by atoms with Gasteiger partial charge in [0.15, 0.2) is 0 Å². The zero-order valence-corrected chi connectivity index (χ0v) is 9.13. The fourth-order valence-corrected chi connectivity index (χ4v) is 1.51. The van der Waals surface area contributed by atoms with E-state index in [1.807, 2.05) is 0 Å². The van der Waals surface area contributed by atoms with Gasteiger partial charge in [-0.3, -0.25) is 0 Å². The third-order valence-electron chi connectivity index (χ3n) is 1.51. The quantitative estimate of drug-likeness (QED) is 0.802. The van der Waals surface area contributed by atoms with Gasteiger partial charge in [0.2, 0.25) is 0 Å². The van der Waals surface area contributed by atoms with E-state index in [4.69, 9.17) is 5.73 Å². The predicted octanol–water partition coefficient (Wildman–Crippen LogP) is 3.10. The molecule has 0 fully saturated rings. The van der Waals surface area contributed by atoms with Crippen LogP contribution in [0, 0.1) is 0 Å². The van der Waals surface area contributed by atoms with E-state index in [0.717, 1.165) is 12.1 Å². The number of thiocarbonyl (C=S) groups is 1. The number of benzene rings is 1. The van der Waals surface area contributed by atoms with Crippen LogP contribution in [-0.2, 0) is 6.18 Å². The van der Waals surface area contributed by atoms with Gasteiger partial charge in [-0.2, -0.15) is 13.2 Å². The van der Waals surface area contributed by atoms with Crippen LogP contribution in [0.15, 0.2) is 22.7 Å². The second-order valence-corrected chi connectivity index (χ2v) is 3.95. The Hall–Kier alpha value is -0.620. The molecule has 1 rings (SSSR count). The van der Waals surface area contributed by atoms with Crippen LogP contribution >= 0.6 is 28.1 Å². The fraction of sp³-hybridized carbons (Fsp3) is 0.125. The molecule has 14 heavy (non-hydrogen) atoms. The van der Waals surface area contributed by atoms with Crippen molar-refractivity contribution in [2.75, 3.05) is 0 Å². The summed E-state index contributed by atoms with van der Waals surface area (Å²) in [6, 6.07) is 3.34. The number of hydrogen-bond acceptors (Lipinski definition) is 1. The average Bonchev–Trinajstić information content (AvgIpc) is 2.01. The van der Waals surface area contributed by atoms with Gasteiger partial charge in [-0.25, -0.2) is 0 Å². The Morgan fingerprint density at radius 3 is 2.29 bits per heavy atom. The van der Waals surface area contributed by atoms with Gasteiger partial charge in [0.25, 0.3) is 0 Å². The topological polar surface area (TPSA) is 26.0 Å². The van der Waals surface area contributed by atoms with Gasteiger partial charge in [-0.15, -0.1) is 0 Å². The van der Waals surface area contributed by atoms with Gasteiger partial charge in [0.05, 0.1) is 5.56 Å². The third-order valence-corrected chi connectivity index (χ3v) is 2.20. The Bertz CT molecular complexity index is 375. The highest BCUT2D eigenvalue weighted by Gasteiger charge is 2.31. The lowest BCUT2D eigenvalue weighted by atomic mass is 10.1. The molecule has 0 heterocycles. The summed E-state index contributed by atoms with van der Waals surface area (Å²) in [5.41, 5.74) is 4.67. The first kappa shape index (κ1) is 11.5. The molecule has 1 nitrogen and oxygen atoms in total. The summed E-state index contributed by atoms with van der Waals surface area (Å²) >= 11 is 7.55. The number of rotatable bonds is 1. The summed E-state index contributed by atoms with van der Waals surface area (Å²) in [6.45, 7) is 0. The first-order valence-corrected chi connectivity index (χ1v) is 4.68. The van der Waals surface area contributed by atoms with Crippen LogP contribution in [0.4, 0.5) is 13.2 Å². The highest BCUT2D eigenvalue weighted by molar-refractivity contribution is 9.10. The molecular weight excluding hydrogens is 279 g/mol. The van der Waals surface area contributed by atoms with Crippen LogP contribution in [0.5, 0.6) is 0 Å². The van der Waals surface area contributed by atoms with E-state index in [2.05, 4.69) is 28.1 Å². The van der Waals surface area contributed by atoms with Crippen molar-refractivity contribution >= 4 is 33.1 Å². The lowest BCUT2D eigenvalue weighted by molar-refractivity contribution is -0.137.